The van der Waals surface area contributed by atoms with Crippen LogP contribution in [0.4, 0.5) is 4.79 Å². The number of likely N-dealkylation sites (tertiary alicyclic amines) is 1. The number of hydrazine groups is 1. The number of aryl methyl sites for hydroxylation is 2. The molecule has 2 aromatic heterocycles. The number of fused-ring (bicyclic) bond motifs is 2. The minimum Gasteiger partial charge on any atom is -0.314 e. The third-order valence-corrected chi connectivity index (χ3v) is 7.74. The van der Waals surface area contributed by atoms with Crippen LogP contribution in [0, 0.1) is 0 Å². The molecule has 0 bridgehead atoms. The van der Waals surface area contributed by atoms with E-state index in [9.17, 15) is 9.59 Å². The Kier molecular flexibility index (Phi) is 4.52. The molecule has 28 heavy (non-hydrogen) atoms. The van der Waals surface area contributed by atoms with Gasteiger partial charge in [-0.05, 0) is 55.9 Å². The summed E-state index contributed by atoms with van der Waals surface area (Å²) in [5.41, 5.74) is 7.41. The number of hydrogen-bond acceptors (Lipinski definition) is 5. The maximum atomic E-state index is 12.7. The molecule has 1 fully saturated rings. The predicted molar refractivity (Wildman–Crippen MR) is 111 cm³/mol. The van der Waals surface area contributed by atoms with Gasteiger partial charge >= 0.3 is 6.03 Å². The average Bonchev–Trinajstić information content (AvgIpc) is 3.47. The van der Waals surface area contributed by atoms with Gasteiger partial charge in [-0.15, -0.1) is 22.7 Å². The maximum absolute atomic E-state index is 12.7. The molecule has 3 heterocycles. The summed E-state index contributed by atoms with van der Waals surface area (Å²) in [7, 11) is 0. The fourth-order valence-corrected chi connectivity index (χ4v) is 6.25. The molecule has 1 aliphatic heterocycles. The highest BCUT2D eigenvalue weighted by Crippen LogP contribution is 2.36. The van der Waals surface area contributed by atoms with Crippen molar-refractivity contribution in [3.8, 4) is 0 Å². The summed E-state index contributed by atoms with van der Waals surface area (Å²) in [6.07, 6.45) is 5.08. The van der Waals surface area contributed by atoms with Crippen molar-refractivity contribution >= 4 is 44.8 Å². The first-order chi connectivity index (χ1) is 13.7. The molecular formula is C20H20N4O2S2. The number of thiazole rings is 1. The molecule has 1 aliphatic carbocycles. The lowest BCUT2D eigenvalue weighted by Gasteiger charge is -2.23. The number of aromatic nitrogens is 1. The molecular weight excluding hydrogens is 392 g/mol. The van der Waals surface area contributed by atoms with E-state index in [1.165, 1.54) is 28.2 Å². The summed E-state index contributed by atoms with van der Waals surface area (Å²) in [5, 5.41) is 0.954. The van der Waals surface area contributed by atoms with Crippen molar-refractivity contribution in [3.05, 3.63) is 50.7 Å². The van der Waals surface area contributed by atoms with Crippen molar-refractivity contribution in [1.29, 1.82) is 0 Å². The van der Waals surface area contributed by atoms with Crippen LogP contribution in [0.25, 0.3) is 10.2 Å². The van der Waals surface area contributed by atoms with Crippen LogP contribution in [0.2, 0.25) is 0 Å². The SMILES string of the molecule is O=C(NNC(=O)N1CCC[C@@H]1c1nc2ccccc2s1)c1cc2c(s1)CCC2. The van der Waals surface area contributed by atoms with Crippen molar-refractivity contribution in [2.24, 2.45) is 0 Å². The number of nitrogens with zero attached hydrogens (tertiary/aromatic N) is 2. The third-order valence-electron chi connectivity index (χ3n) is 5.36. The summed E-state index contributed by atoms with van der Waals surface area (Å²) in [6.45, 7) is 0.662. The van der Waals surface area contributed by atoms with Gasteiger partial charge in [0.15, 0.2) is 0 Å². The van der Waals surface area contributed by atoms with E-state index >= 15 is 0 Å². The molecule has 0 saturated carbocycles. The lowest BCUT2D eigenvalue weighted by Crippen LogP contribution is -2.48. The van der Waals surface area contributed by atoms with Crippen molar-refractivity contribution in [2.45, 2.75) is 38.1 Å². The summed E-state index contributed by atoms with van der Waals surface area (Å²) < 4.78 is 1.13. The number of thiophene rings is 1. The fourth-order valence-electron chi connectivity index (χ4n) is 3.98. The first-order valence-electron chi connectivity index (χ1n) is 9.53. The molecule has 1 saturated heterocycles. The highest BCUT2D eigenvalue weighted by molar-refractivity contribution is 7.18. The Hall–Kier alpha value is -2.45. The zero-order valence-electron chi connectivity index (χ0n) is 15.2. The smallest absolute Gasteiger partial charge is 0.314 e. The Balaban J connectivity index is 1.25. The number of carbonyl (C=O) groups excluding carboxylic acids is 2. The molecule has 0 unspecified atom stereocenters. The number of amides is 3. The lowest BCUT2D eigenvalue weighted by molar-refractivity contribution is 0.0933. The van der Waals surface area contributed by atoms with Gasteiger partial charge in [-0.3, -0.25) is 10.2 Å². The zero-order chi connectivity index (χ0) is 19.1. The number of carbonyl (C=O) groups is 2. The summed E-state index contributed by atoms with van der Waals surface area (Å²) in [4.78, 5) is 33.5. The van der Waals surface area contributed by atoms with E-state index in [1.807, 2.05) is 24.3 Å². The highest BCUT2D eigenvalue weighted by Gasteiger charge is 2.32. The number of urea groups is 1. The van der Waals surface area contributed by atoms with Gasteiger partial charge in [-0.1, -0.05) is 12.1 Å². The van der Waals surface area contributed by atoms with Crippen LogP contribution in [0.1, 0.15) is 50.4 Å². The summed E-state index contributed by atoms with van der Waals surface area (Å²) in [5.74, 6) is -0.247. The standard InChI is InChI=1S/C20H20N4O2S2/c25-18(17-11-12-5-3-9-15(12)27-17)22-23-20(26)24-10-4-7-14(24)19-21-13-6-1-2-8-16(13)28-19/h1-2,6,8,11,14H,3-5,7,9-10H2,(H,22,25)(H,23,26)/t14-/m1/s1. The molecule has 3 amide bonds. The van der Waals surface area contributed by atoms with Gasteiger partial charge in [0, 0.05) is 11.4 Å². The van der Waals surface area contributed by atoms with E-state index in [-0.39, 0.29) is 18.0 Å². The molecule has 1 atom stereocenters. The largest absolute Gasteiger partial charge is 0.336 e. The van der Waals surface area contributed by atoms with Gasteiger partial charge in [0.1, 0.15) is 5.01 Å². The van der Waals surface area contributed by atoms with Gasteiger partial charge in [0.2, 0.25) is 0 Å². The fraction of sp³-hybridized carbons (Fsp3) is 0.350. The van der Waals surface area contributed by atoms with Gasteiger partial charge in [-0.2, -0.15) is 0 Å². The number of benzene rings is 1. The van der Waals surface area contributed by atoms with E-state index in [0.717, 1.165) is 40.9 Å². The van der Waals surface area contributed by atoms with Crippen molar-refractivity contribution in [3.63, 3.8) is 0 Å². The van der Waals surface area contributed by atoms with Crippen LogP contribution < -0.4 is 10.9 Å². The third kappa shape index (κ3) is 3.16. The molecule has 0 spiro atoms. The predicted octanol–water partition coefficient (Wildman–Crippen LogP) is 4.04. The first kappa shape index (κ1) is 17.6. The Morgan fingerprint density at radius 1 is 1.11 bits per heavy atom. The summed E-state index contributed by atoms with van der Waals surface area (Å²) >= 11 is 3.16. The second-order valence-corrected chi connectivity index (χ2v) is 9.37. The summed E-state index contributed by atoms with van der Waals surface area (Å²) in [6, 6.07) is 9.65. The molecule has 5 rings (SSSR count). The van der Waals surface area contributed by atoms with Crippen LogP contribution in [-0.4, -0.2) is 28.4 Å². The zero-order valence-corrected chi connectivity index (χ0v) is 16.9. The molecule has 1 aromatic carbocycles. The van der Waals surface area contributed by atoms with Crippen molar-refractivity contribution in [2.75, 3.05) is 6.54 Å². The second kappa shape index (κ2) is 7.18. The average molecular weight is 413 g/mol. The number of hydrogen-bond donors (Lipinski definition) is 2. The first-order valence-corrected chi connectivity index (χ1v) is 11.2. The minimum absolute atomic E-state index is 0.0418. The lowest BCUT2D eigenvalue weighted by atomic mass is 10.2. The van der Waals surface area contributed by atoms with Gasteiger partial charge in [-0.25, -0.2) is 15.2 Å². The van der Waals surface area contributed by atoms with E-state index in [4.69, 9.17) is 4.98 Å². The normalized spacial score (nSPS) is 18.4. The molecule has 6 nitrogen and oxygen atoms in total. The van der Waals surface area contributed by atoms with Crippen LogP contribution in [0.15, 0.2) is 30.3 Å². The van der Waals surface area contributed by atoms with Gasteiger partial charge in [0.25, 0.3) is 5.91 Å². The van der Waals surface area contributed by atoms with Crippen molar-refractivity contribution < 1.29 is 9.59 Å². The van der Waals surface area contributed by atoms with Gasteiger partial charge < -0.3 is 4.90 Å². The molecule has 8 heteroatoms. The topological polar surface area (TPSA) is 74.3 Å². The Bertz CT molecular complexity index is 1000. The van der Waals surface area contributed by atoms with E-state index in [0.29, 0.717) is 11.4 Å². The number of rotatable bonds is 2. The highest BCUT2D eigenvalue weighted by atomic mass is 32.1. The van der Waals surface area contributed by atoms with Crippen LogP contribution >= 0.6 is 22.7 Å². The quantitative estimate of drug-likeness (QED) is 0.624. The molecule has 144 valence electrons. The van der Waals surface area contributed by atoms with Crippen LogP contribution in [0.5, 0.6) is 0 Å². The molecule has 2 aliphatic rings. The number of para-hydroxylation sites is 1. The van der Waals surface area contributed by atoms with Crippen molar-refractivity contribution in [1.82, 2.24) is 20.7 Å². The molecule has 0 radical (unpaired) electrons. The maximum Gasteiger partial charge on any atom is 0.336 e. The van der Waals surface area contributed by atoms with E-state index < -0.39 is 0 Å². The molecule has 2 N–H and O–H groups in total. The van der Waals surface area contributed by atoms with Crippen LogP contribution in [-0.2, 0) is 12.8 Å². The van der Waals surface area contributed by atoms with Crippen LogP contribution in [0.3, 0.4) is 0 Å². The second-order valence-electron chi connectivity index (χ2n) is 7.17. The van der Waals surface area contributed by atoms with E-state index in [1.54, 1.807) is 16.2 Å². The Morgan fingerprint density at radius 2 is 2.00 bits per heavy atom. The Morgan fingerprint density at radius 3 is 2.86 bits per heavy atom. The van der Waals surface area contributed by atoms with Gasteiger partial charge in [0.05, 0.1) is 21.1 Å². The number of nitrogens with one attached hydrogen (secondary N) is 2. The monoisotopic (exact) mass is 412 g/mol. The molecule has 3 aromatic rings. The van der Waals surface area contributed by atoms with E-state index in [2.05, 4.69) is 16.9 Å². The Labute approximate surface area is 170 Å². The minimum atomic E-state index is -0.279.